The van der Waals surface area contributed by atoms with Crippen LogP contribution in [-0.2, 0) is 4.79 Å². The molecule has 28 heavy (non-hydrogen) atoms. The Kier molecular flexibility index (Phi) is 6.10. The largest absolute Gasteiger partial charge is 0.484 e. The van der Waals surface area contributed by atoms with E-state index in [1.54, 1.807) is 6.07 Å². The number of nitrogens with one attached hydrogen (secondary N) is 1. The number of likely N-dealkylation sites (N-methyl/N-ethyl adjacent to an activating group) is 1. The van der Waals surface area contributed by atoms with Gasteiger partial charge in [-0.3, -0.25) is 14.9 Å². The molecule has 1 N–H and O–H groups in total. The van der Waals surface area contributed by atoms with E-state index in [1.165, 1.54) is 18.2 Å². The molecule has 0 aliphatic carbocycles. The molecule has 148 valence electrons. The molecular formula is C20H24N4O4. The van der Waals surface area contributed by atoms with Crippen LogP contribution >= 0.6 is 0 Å². The number of rotatable bonds is 6. The number of nitro groups is 1. The fraction of sp³-hybridized carbons (Fsp3) is 0.350. The van der Waals surface area contributed by atoms with Gasteiger partial charge in [0.25, 0.3) is 11.6 Å². The van der Waals surface area contributed by atoms with Gasteiger partial charge in [0.1, 0.15) is 5.75 Å². The number of hydrogen-bond acceptors (Lipinski definition) is 6. The maximum atomic E-state index is 12.2. The number of aryl methyl sites for hydroxylation is 1. The van der Waals surface area contributed by atoms with E-state index in [2.05, 4.69) is 28.2 Å². The fourth-order valence-electron chi connectivity index (χ4n) is 3.07. The molecule has 3 rings (SSSR count). The molecule has 8 nitrogen and oxygen atoms in total. The molecule has 1 heterocycles. The first-order valence-electron chi connectivity index (χ1n) is 9.13. The summed E-state index contributed by atoms with van der Waals surface area (Å²) < 4.78 is 5.37. The first kappa shape index (κ1) is 19.6. The number of non-ortho nitro benzene ring substituents is 1. The van der Waals surface area contributed by atoms with Crippen molar-refractivity contribution in [2.45, 2.75) is 6.92 Å². The Labute approximate surface area is 163 Å². The highest BCUT2D eigenvalue weighted by atomic mass is 16.6. The highest BCUT2D eigenvalue weighted by Crippen LogP contribution is 2.24. The summed E-state index contributed by atoms with van der Waals surface area (Å²) in [6.45, 7) is 5.77. The summed E-state index contributed by atoms with van der Waals surface area (Å²) in [4.78, 5) is 27.1. The monoisotopic (exact) mass is 384 g/mol. The Balaban J connectivity index is 1.56. The van der Waals surface area contributed by atoms with Crippen molar-refractivity contribution in [3.63, 3.8) is 0 Å². The van der Waals surface area contributed by atoms with Gasteiger partial charge in [-0.15, -0.1) is 0 Å². The van der Waals surface area contributed by atoms with Gasteiger partial charge in [0.2, 0.25) is 0 Å². The van der Waals surface area contributed by atoms with Gasteiger partial charge in [-0.05, 0) is 43.8 Å². The molecule has 1 fully saturated rings. The fourth-order valence-corrected chi connectivity index (χ4v) is 3.07. The maximum absolute atomic E-state index is 12.2. The van der Waals surface area contributed by atoms with Crippen LogP contribution in [0.25, 0.3) is 0 Å². The molecule has 1 aliphatic rings. The molecule has 2 aromatic rings. The van der Waals surface area contributed by atoms with Gasteiger partial charge in [0.05, 0.1) is 11.0 Å². The molecule has 0 bridgehead atoms. The van der Waals surface area contributed by atoms with Gasteiger partial charge in [-0.1, -0.05) is 6.07 Å². The molecule has 2 aromatic carbocycles. The first-order chi connectivity index (χ1) is 13.4. The molecule has 0 unspecified atom stereocenters. The Morgan fingerprint density at radius 1 is 1.18 bits per heavy atom. The zero-order valence-electron chi connectivity index (χ0n) is 16.1. The Bertz CT molecular complexity index is 863. The summed E-state index contributed by atoms with van der Waals surface area (Å²) in [6.07, 6.45) is 0. The van der Waals surface area contributed by atoms with E-state index in [-0.39, 0.29) is 24.0 Å². The van der Waals surface area contributed by atoms with Crippen molar-refractivity contribution in [2.24, 2.45) is 0 Å². The average molecular weight is 384 g/mol. The number of nitro benzene ring substituents is 1. The summed E-state index contributed by atoms with van der Waals surface area (Å²) in [5, 5.41) is 13.6. The molecule has 1 amide bonds. The lowest BCUT2D eigenvalue weighted by Crippen LogP contribution is -2.44. The normalized spacial score (nSPS) is 14.6. The number of carbonyl (C=O) groups is 1. The van der Waals surface area contributed by atoms with E-state index in [0.29, 0.717) is 0 Å². The lowest BCUT2D eigenvalue weighted by atomic mass is 10.1. The summed E-state index contributed by atoms with van der Waals surface area (Å²) in [6, 6.07) is 11.7. The van der Waals surface area contributed by atoms with Crippen LogP contribution in [0.4, 0.5) is 17.1 Å². The maximum Gasteiger partial charge on any atom is 0.273 e. The standard InChI is InChI=1S/C20H24N4O4/c1-15-12-16(23-10-8-22(2)9-11-23)6-7-19(15)21-20(25)14-28-18-5-3-4-17(13-18)24(26)27/h3-7,12-13H,8-11,14H2,1-2H3,(H,21,25). The van der Waals surface area contributed by atoms with Crippen LogP contribution in [0.5, 0.6) is 5.75 Å². The van der Waals surface area contributed by atoms with E-state index in [0.717, 1.165) is 43.1 Å². The molecule has 1 saturated heterocycles. The van der Waals surface area contributed by atoms with E-state index >= 15 is 0 Å². The number of anilines is 2. The third kappa shape index (κ3) is 4.98. The second-order valence-corrected chi connectivity index (χ2v) is 6.88. The SMILES string of the molecule is Cc1cc(N2CCN(C)CC2)ccc1NC(=O)COc1cccc([N+](=O)[O-])c1. The van der Waals surface area contributed by atoms with Crippen molar-refractivity contribution in [1.29, 1.82) is 0 Å². The van der Waals surface area contributed by atoms with Crippen LogP contribution < -0.4 is 15.0 Å². The Morgan fingerprint density at radius 3 is 2.61 bits per heavy atom. The molecule has 1 aliphatic heterocycles. The zero-order valence-corrected chi connectivity index (χ0v) is 16.1. The molecule has 8 heteroatoms. The topological polar surface area (TPSA) is 88.0 Å². The van der Waals surface area contributed by atoms with Crippen molar-refractivity contribution in [2.75, 3.05) is 50.1 Å². The van der Waals surface area contributed by atoms with Gasteiger partial charge in [0, 0.05) is 43.6 Å². The van der Waals surface area contributed by atoms with Gasteiger partial charge >= 0.3 is 0 Å². The summed E-state index contributed by atoms with van der Waals surface area (Å²) in [5.41, 5.74) is 2.77. The van der Waals surface area contributed by atoms with Gasteiger partial charge in [-0.25, -0.2) is 0 Å². The van der Waals surface area contributed by atoms with Crippen LogP contribution in [0.2, 0.25) is 0 Å². The smallest absolute Gasteiger partial charge is 0.273 e. The number of amides is 1. The van der Waals surface area contributed by atoms with Crippen molar-refractivity contribution in [1.82, 2.24) is 4.90 Å². The van der Waals surface area contributed by atoms with Crippen molar-refractivity contribution >= 4 is 23.0 Å². The van der Waals surface area contributed by atoms with Gasteiger partial charge < -0.3 is 19.9 Å². The van der Waals surface area contributed by atoms with E-state index in [4.69, 9.17) is 4.74 Å². The van der Waals surface area contributed by atoms with Crippen molar-refractivity contribution in [3.05, 3.63) is 58.1 Å². The number of nitrogens with zero attached hydrogens (tertiary/aromatic N) is 3. The molecule has 0 radical (unpaired) electrons. The van der Waals surface area contributed by atoms with Crippen LogP contribution in [0.3, 0.4) is 0 Å². The van der Waals surface area contributed by atoms with Crippen molar-refractivity contribution in [3.8, 4) is 5.75 Å². The molecular weight excluding hydrogens is 360 g/mol. The number of piperazine rings is 1. The Morgan fingerprint density at radius 2 is 1.93 bits per heavy atom. The van der Waals surface area contributed by atoms with Gasteiger partial charge in [0.15, 0.2) is 6.61 Å². The second kappa shape index (κ2) is 8.71. The van der Waals surface area contributed by atoms with E-state index < -0.39 is 4.92 Å². The molecule has 0 atom stereocenters. The minimum absolute atomic E-state index is 0.0757. The zero-order chi connectivity index (χ0) is 20.1. The lowest BCUT2D eigenvalue weighted by molar-refractivity contribution is -0.384. The molecule has 0 aromatic heterocycles. The van der Waals surface area contributed by atoms with Crippen LogP contribution in [0.15, 0.2) is 42.5 Å². The lowest BCUT2D eigenvalue weighted by Gasteiger charge is -2.34. The summed E-state index contributed by atoms with van der Waals surface area (Å²) in [7, 11) is 2.12. The minimum atomic E-state index is -0.502. The third-order valence-corrected chi connectivity index (χ3v) is 4.75. The van der Waals surface area contributed by atoms with E-state index in [1.807, 2.05) is 19.1 Å². The highest BCUT2D eigenvalue weighted by Gasteiger charge is 2.15. The highest BCUT2D eigenvalue weighted by molar-refractivity contribution is 5.92. The van der Waals surface area contributed by atoms with E-state index in [9.17, 15) is 14.9 Å². The minimum Gasteiger partial charge on any atom is -0.484 e. The molecule has 0 saturated carbocycles. The third-order valence-electron chi connectivity index (χ3n) is 4.75. The second-order valence-electron chi connectivity index (χ2n) is 6.88. The predicted octanol–water partition coefficient (Wildman–Crippen LogP) is 2.67. The van der Waals surface area contributed by atoms with Crippen LogP contribution in [0.1, 0.15) is 5.56 Å². The van der Waals surface area contributed by atoms with Crippen molar-refractivity contribution < 1.29 is 14.5 Å². The predicted molar refractivity (Wildman–Crippen MR) is 108 cm³/mol. The average Bonchev–Trinajstić information content (AvgIpc) is 2.69. The van der Waals surface area contributed by atoms with Crippen LogP contribution in [-0.4, -0.2) is 55.6 Å². The first-order valence-corrected chi connectivity index (χ1v) is 9.13. The number of benzene rings is 2. The number of carbonyl (C=O) groups excluding carboxylic acids is 1. The van der Waals surface area contributed by atoms with Crippen LogP contribution in [0, 0.1) is 17.0 Å². The number of ether oxygens (including phenoxy) is 1. The quantitative estimate of drug-likeness (QED) is 0.609. The summed E-state index contributed by atoms with van der Waals surface area (Å²) >= 11 is 0. The Hall–Kier alpha value is -3.13. The number of hydrogen-bond donors (Lipinski definition) is 1. The van der Waals surface area contributed by atoms with Gasteiger partial charge in [-0.2, -0.15) is 0 Å². The molecule has 0 spiro atoms. The summed E-state index contributed by atoms with van der Waals surface area (Å²) in [5.74, 6) is -0.0339.